The zero-order valence-electron chi connectivity index (χ0n) is 18.5. The van der Waals surface area contributed by atoms with E-state index in [-0.39, 0.29) is 35.4 Å². The van der Waals surface area contributed by atoms with Gasteiger partial charge in [0.2, 0.25) is 0 Å². The molecule has 0 aromatic carbocycles. The Balaban J connectivity index is 1.61. The Morgan fingerprint density at radius 3 is 2.77 bits per heavy atom. The summed E-state index contributed by atoms with van der Waals surface area (Å²) >= 11 is 0. The number of carbonyl (C=O) groups excluding carboxylic acids is 1. The van der Waals surface area contributed by atoms with Crippen molar-refractivity contribution in [2.75, 3.05) is 13.2 Å². The number of fused-ring (bicyclic) bond motifs is 1. The van der Waals surface area contributed by atoms with Crippen molar-refractivity contribution in [2.24, 2.45) is 34.5 Å². The van der Waals surface area contributed by atoms with E-state index in [0.29, 0.717) is 36.4 Å². The van der Waals surface area contributed by atoms with Crippen LogP contribution in [0.5, 0.6) is 0 Å². The number of nitrogens with one attached hydrogen (secondary N) is 2. The largest absolute Gasteiger partial charge is 0.396 e. The van der Waals surface area contributed by atoms with Crippen LogP contribution in [0.15, 0.2) is 30.5 Å². The molecule has 1 heterocycles. The molecule has 3 saturated carbocycles. The summed E-state index contributed by atoms with van der Waals surface area (Å²) in [4.78, 5) is 15.7. The first-order chi connectivity index (χ1) is 14.3. The fraction of sp³-hybridized carbons (Fsp3) is 0.720. The lowest BCUT2D eigenvalue weighted by Crippen LogP contribution is -2.53. The Kier molecular flexibility index (Phi) is 5.88. The molecule has 4 N–H and O–H groups in total. The van der Waals surface area contributed by atoms with Crippen molar-refractivity contribution in [3.63, 3.8) is 0 Å². The first kappa shape index (κ1) is 21.6. The molecule has 3 fully saturated rings. The molecule has 1 amide bonds. The standard InChI is InChI=1S/C25H38N2O3/c1-16-6-7-20-19(14-27-23(30)22-5-4-12-26-22)21(9-11-24(16,20)2)25(3)10-8-18(29)13-17(25)15-28/h4-5,12,17-21,26,28-29H,1,6-11,13-15H2,2-3H3,(H,27,30)/t17-,18+,19+,20+,21+,24-,25+/m1/s1. The highest BCUT2D eigenvalue weighted by Crippen LogP contribution is 2.63. The fourth-order valence-electron chi connectivity index (χ4n) is 7.24. The van der Waals surface area contributed by atoms with Gasteiger partial charge in [0.1, 0.15) is 5.69 Å². The van der Waals surface area contributed by atoms with Crippen molar-refractivity contribution in [1.82, 2.24) is 10.3 Å². The number of aliphatic hydroxyl groups is 2. The van der Waals surface area contributed by atoms with Gasteiger partial charge in [-0.1, -0.05) is 26.0 Å². The highest BCUT2D eigenvalue weighted by molar-refractivity contribution is 5.92. The van der Waals surface area contributed by atoms with Crippen LogP contribution in [0.3, 0.4) is 0 Å². The fourth-order valence-corrected chi connectivity index (χ4v) is 7.24. The van der Waals surface area contributed by atoms with Gasteiger partial charge in [0.15, 0.2) is 0 Å². The van der Waals surface area contributed by atoms with E-state index in [2.05, 4.69) is 30.7 Å². The lowest BCUT2D eigenvalue weighted by molar-refractivity contribution is -0.0928. The minimum absolute atomic E-state index is 0.0128. The molecule has 0 saturated heterocycles. The molecular weight excluding hydrogens is 376 g/mol. The summed E-state index contributed by atoms with van der Waals surface area (Å²) in [5.41, 5.74) is 2.11. The first-order valence-electron chi connectivity index (χ1n) is 11.7. The molecule has 3 aliphatic rings. The second-order valence-electron chi connectivity index (χ2n) is 10.6. The lowest BCUT2D eigenvalue weighted by atomic mass is 9.49. The molecule has 5 heteroatoms. The molecule has 0 radical (unpaired) electrons. The van der Waals surface area contributed by atoms with Crippen LogP contribution in [0.25, 0.3) is 0 Å². The van der Waals surface area contributed by atoms with Gasteiger partial charge in [-0.25, -0.2) is 0 Å². The lowest BCUT2D eigenvalue weighted by Gasteiger charge is -2.56. The number of hydrogen-bond acceptors (Lipinski definition) is 3. The van der Waals surface area contributed by atoms with Crippen LogP contribution in [-0.2, 0) is 0 Å². The van der Waals surface area contributed by atoms with E-state index < -0.39 is 0 Å². The number of H-pyrrole nitrogens is 1. The summed E-state index contributed by atoms with van der Waals surface area (Å²) in [6, 6.07) is 3.65. The van der Waals surface area contributed by atoms with Gasteiger partial charge in [0.25, 0.3) is 5.91 Å². The highest BCUT2D eigenvalue weighted by Gasteiger charge is 2.56. The molecule has 30 heavy (non-hydrogen) atoms. The maximum Gasteiger partial charge on any atom is 0.267 e. The molecule has 0 spiro atoms. The first-order valence-corrected chi connectivity index (χ1v) is 11.7. The van der Waals surface area contributed by atoms with Crippen LogP contribution in [0.2, 0.25) is 0 Å². The normalized spacial score (nSPS) is 41.5. The molecule has 7 atom stereocenters. The molecule has 1 aromatic rings. The van der Waals surface area contributed by atoms with E-state index in [1.54, 1.807) is 12.3 Å². The predicted molar refractivity (Wildman–Crippen MR) is 118 cm³/mol. The monoisotopic (exact) mass is 414 g/mol. The Bertz CT molecular complexity index is 775. The van der Waals surface area contributed by atoms with Crippen molar-refractivity contribution in [3.8, 4) is 0 Å². The third kappa shape index (κ3) is 3.54. The van der Waals surface area contributed by atoms with Gasteiger partial charge < -0.3 is 20.5 Å². The van der Waals surface area contributed by atoms with Crippen molar-refractivity contribution < 1.29 is 15.0 Å². The van der Waals surface area contributed by atoms with Crippen molar-refractivity contribution in [1.29, 1.82) is 0 Å². The number of aromatic amines is 1. The van der Waals surface area contributed by atoms with E-state index in [1.807, 2.05) is 6.07 Å². The third-order valence-electron chi connectivity index (χ3n) is 9.31. The molecule has 5 nitrogen and oxygen atoms in total. The van der Waals surface area contributed by atoms with E-state index in [4.69, 9.17) is 0 Å². The zero-order valence-corrected chi connectivity index (χ0v) is 18.5. The maximum atomic E-state index is 12.7. The summed E-state index contributed by atoms with van der Waals surface area (Å²) in [5, 5.41) is 23.6. The van der Waals surface area contributed by atoms with Crippen LogP contribution in [-0.4, -0.2) is 40.4 Å². The van der Waals surface area contributed by atoms with Gasteiger partial charge in [0.05, 0.1) is 6.10 Å². The van der Waals surface area contributed by atoms with Crippen LogP contribution < -0.4 is 5.32 Å². The minimum atomic E-state index is -0.304. The summed E-state index contributed by atoms with van der Waals surface area (Å²) in [6.45, 7) is 9.90. The number of amides is 1. The van der Waals surface area contributed by atoms with E-state index in [9.17, 15) is 15.0 Å². The second kappa shape index (κ2) is 8.16. The number of aromatic nitrogens is 1. The Morgan fingerprint density at radius 1 is 1.27 bits per heavy atom. The molecule has 166 valence electrons. The smallest absolute Gasteiger partial charge is 0.267 e. The highest BCUT2D eigenvalue weighted by atomic mass is 16.3. The van der Waals surface area contributed by atoms with Crippen molar-refractivity contribution in [3.05, 3.63) is 36.2 Å². The van der Waals surface area contributed by atoms with Crippen LogP contribution in [0.1, 0.15) is 69.3 Å². The molecule has 3 aliphatic carbocycles. The molecule has 0 bridgehead atoms. The van der Waals surface area contributed by atoms with Gasteiger partial charge >= 0.3 is 0 Å². The van der Waals surface area contributed by atoms with Crippen LogP contribution in [0, 0.1) is 34.5 Å². The van der Waals surface area contributed by atoms with E-state index >= 15 is 0 Å². The van der Waals surface area contributed by atoms with Gasteiger partial charge in [-0.3, -0.25) is 4.79 Å². The van der Waals surface area contributed by atoms with E-state index in [0.717, 1.165) is 38.5 Å². The number of carbonyl (C=O) groups is 1. The number of hydrogen-bond donors (Lipinski definition) is 4. The van der Waals surface area contributed by atoms with E-state index in [1.165, 1.54) is 5.57 Å². The topological polar surface area (TPSA) is 85.4 Å². The Hall–Kier alpha value is -1.59. The van der Waals surface area contributed by atoms with Gasteiger partial charge in [-0.05, 0) is 91.6 Å². The minimum Gasteiger partial charge on any atom is -0.396 e. The average Bonchev–Trinajstić information content (AvgIpc) is 3.37. The molecule has 0 unspecified atom stereocenters. The molecular formula is C25H38N2O3. The van der Waals surface area contributed by atoms with Gasteiger partial charge in [-0.2, -0.15) is 0 Å². The van der Waals surface area contributed by atoms with Crippen molar-refractivity contribution in [2.45, 2.75) is 64.9 Å². The summed E-state index contributed by atoms with van der Waals surface area (Å²) in [6.07, 6.45) is 8.34. The molecule has 4 rings (SSSR count). The number of allylic oxidation sites excluding steroid dienone is 1. The summed E-state index contributed by atoms with van der Waals surface area (Å²) in [5.74, 6) is 1.36. The predicted octanol–water partition coefficient (Wildman–Crippen LogP) is 3.90. The van der Waals surface area contributed by atoms with Crippen molar-refractivity contribution >= 4 is 5.91 Å². The average molecular weight is 415 g/mol. The number of rotatable bonds is 5. The van der Waals surface area contributed by atoms with Crippen LogP contribution in [0.4, 0.5) is 0 Å². The maximum absolute atomic E-state index is 12.7. The zero-order chi connectivity index (χ0) is 21.5. The Morgan fingerprint density at radius 2 is 2.07 bits per heavy atom. The second-order valence-corrected chi connectivity index (χ2v) is 10.6. The number of aliphatic hydroxyl groups excluding tert-OH is 2. The Labute approximate surface area is 180 Å². The SMILES string of the molecule is C=C1CC[C@H]2[C@H](CNC(=O)c3ccc[nH]3)[C@@H]([C@@]3(C)CC[C@H](O)C[C@@H]3CO)CC[C@]12C. The van der Waals surface area contributed by atoms with Crippen LogP contribution >= 0.6 is 0 Å². The summed E-state index contributed by atoms with van der Waals surface area (Å²) in [7, 11) is 0. The molecule has 0 aliphatic heterocycles. The quantitative estimate of drug-likeness (QED) is 0.551. The van der Waals surface area contributed by atoms with Gasteiger partial charge in [-0.15, -0.1) is 0 Å². The third-order valence-corrected chi connectivity index (χ3v) is 9.31. The van der Waals surface area contributed by atoms with Gasteiger partial charge in [0, 0.05) is 19.3 Å². The molecule has 1 aromatic heterocycles. The summed E-state index contributed by atoms with van der Waals surface area (Å²) < 4.78 is 0.